The van der Waals surface area contributed by atoms with Crippen molar-refractivity contribution in [1.82, 2.24) is 0 Å². The maximum Gasteiger partial charge on any atom is 0.255 e. The fourth-order valence-electron chi connectivity index (χ4n) is 2.31. The summed E-state index contributed by atoms with van der Waals surface area (Å²) in [5, 5.41) is 2.89. The number of hydrogen-bond donors (Lipinski definition) is 1. The fraction of sp³-hybridized carbons (Fsp3) is 0.316. The summed E-state index contributed by atoms with van der Waals surface area (Å²) < 4.78 is 11.6. The molecule has 0 saturated carbocycles. The number of ether oxygens (including phenoxy) is 2. The number of benzene rings is 2. The van der Waals surface area contributed by atoms with Crippen LogP contribution in [0.25, 0.3) is 0 Å². The molecule has 1 aliphatic rings. The Hall–Kier alpha value is -2.49. The van der Waals surface area contributed by atoms with E-state index in [0.717, 1.165) is 11.3 Å². The van der Waals surface area contributed by atoms with E-state index < -0.39 is 0 Å². The van der Waals surface area contributed by atoms with E-state index in [-0.39, 0.29) is 11.3 Å². The first kappa shape index (κ1) is 15.4. The third kappa shape index (κ3) is 3.65. The van der Waals surface area contributed by atoms with E-state index >= 15 is 0 Å². The van der Waals surface area contributed by atoms with Gasteiger partial charge in [-0.1, -0.05) is 31.5 Å². The highest BCUT2D eigenvalue weighted by Gasteiger charge is 2.25. The number of hydrogen-bond acceptors (Lipinski definition) is 3. The van der Waals surface area contributed by atoms with Crippen LogP contribution in [0.4, 0.5) is 5.69 Å². The highest BCUT2D eigenvalue weighted by molar-refractivity contribution is 6.04. The first-order valence-corrected chi connectivity index (χ1v) is 7.71. The van der Waals surface area contributed by atoms with E-state index in [1.807, 2.05) is 31.2 Å². The van der Waals surface area contributed by atoms with Crippen LogP contribution in [0.2, 0.25) is 0 Å². The molecule has 4 heteroatoms. The standard InChI is InChI=1S/C19H21NO3/c1-13-4-7-15(8-5-13)20-18(21)14-6-9-16-17(10-14)23-12-19(2,3)11-22-16/h4-10H,11-12H2,1-3H3,(H,20,21). The zero-order valence-electron chi connectivity index (χ0n) is 13.7. The molecule has 0 aliphatic carbocycles. The van der Waals surface area contributed by atoms with Crippen LogP contribution < -0.4 is 14.8 Å². The van der Waals surface area contributed by atoms with Gasteiger partial charge in [0.05, 0.1) is 13.2 Å². The number of carbonyl (C=O) groups excluding carboxylic acids is 1. The second-order valence-corrected chi connectivity index (χ2v) is 6.72. The minimum absolute atomic E-state index is 0.0522. The van der Waals surface area contributed by atoms with Crippen LogP contribution in [0.3, 0.4) is 0 Å². The second kappa shape index (κ2) is 5.95. The van der Waals surface area contributed by atoms with E-state index in [2.05, 4.69) is 19.2 Å². The van der Waals surface area contributed by atoms with Gasteiger partial charge in [0, 0.05) is 16.7 Å². The van der Waals surface area contributed by atoms with Gasteiger partial charge in [-0.3, -0.25) is 4.79 Å². The van der Waals surface area contributed by atoms with Crippen molar-refractivity contribution in [1.29, 1.82) is 0 Å². The fourth-order valence-corrected chi connectivity index (χ4v) is 2.31. The number of aryl methyl sites for hydroxylation is 1. The molecule has 23 heavy (non-hydrogen) atoms. The number of nitrogens with one attached hydrogen (secondary N) is 1. The summed E-state index contributed by atoms with van der Waals surface area (Å²) in [5.41, 5.74) is 2.42. The van der Waals surface area contributed by atoms with Crippen LogP contribution in [-0.2, 0) is 0 Å². The predicted octanol–water partition coefficient (Wildman–Crippen LogP) is 4.04. The molecule has 1 heterocycles. The number of amides is 1. The minimum Gasteiger partial charge on any atom is -0.489 e. The Morgan fingerprint density at radius 3 is 2.35 bits per heavy atom. The average Bonchev–Trinajstić information content (AvgIpc) is 2.68. The van der Waals surface area contributed by atoms with Gasteiger partial charge >= 0.3 is 0 Å². The lowest BCUT2D eigenvalue weighted by molar-refractivity contribution is 0.102. The third-order valence-electron chi connectivity index (χ3n) is 3.75. The van der Waals surface area contributed by atoms with Gasteiger partial charge in [-0.2, -0.15) is 0 Å². The van der Waals surface area contributed by atoms with E-state index in [0.29, 0.717) is 30.3 Å². The van der Waals surface area contributed by atoms with Crippen molar-refractivity contribution in [3.05, 3.63) is 53.6 Å². The van der Waals surface area contributed by atoms with Gasteiger partial charge in [-0.05, 0) is 37.3 Å². The molecule has 0 atom stereocenters. The predicted molar refractivity (Wildman–Crippen MR) is 90.3 cm³/mol. The Morgan fingerprint density at radius 2 is 1.65 bits per heavy atom. The van der Waals surface area contributed by atoms with Crippen LogP contribution in [-0.4, -0.2) is 19.1 Å². The first-order valence-electron chi connectivity index (χ1n) is 7.71. The van der Waals surface area contributed by atoms with Crippen molar-refractivity contribution < 1.29 is 14.3 Å². The summed E-state index contributed by atoms with van der Waals surface area (Å²) in [6.07, 6.45) is 0. The normalized spacial score (nSPS) is 15.6. The van der Waals surface area contributed by atoms with Crippen molar-refractivity contribution >= 4 is 11.6 Å². The molecule has 1 amide bonds. The SMILES string of the molecule is Cc1ccc(NC(=O)c2ccc3c(c2)OCC(C)(C)CO3)cc1. The zero-order valence-corrected chi connectivity index (χ0v) is 13.7. The summed E-state index contributed by atoms with van der Waals surface area (Å²) in [4.78, 5) is 12.4. The van der Waals surface area contributed by atoms with Gasteiger partial charge in [-0.25, -0.2) is 0 Å². The molecule has 0 aromatic heterocycles. The highest BCUT2D eigenvalue weighted by atomic mass is 16.5. The van der Waals surface area contributed by atoms with Gasteiger partial charge in [-0.15, -0.1) is 0 Å². The molecule has 120 valence electrons. The van der Waals surface area contributed by atoms with Crippen LogP contribution in [0.5, 0.6) is 11.5 Å². The summed E-state index contributed by atoms with van der Waals surface area (Å²) in [6.45, 7) is 7.34. The van der Waals surface area contributed by atoms with Crippen LogP contribution in [0.1, 0.15) is 29.8 Å². The topological polar surface area (TPSA) is 47.6 Å². The Kier molecular flexibility index (Phi) is 3.99. The van der Waals surface area contributed by atoms with Gasteiger partial charge in [0.2, 0.25) is 0 Å². The molecular weight excluding hydrogens is 290 g/mol. The second-order valence-electron chi connectivity index (χ2n) is 6.72. The third-order valence-corrected chi connectivity index (χ3v) is 3.75. The number of carbonyl (C=O) groups is 1. The van der Waals surface area contributed by atoms with Gasteiger partial charge in [0.15, 0.2) is 11.5 Å². The highest BCUT2D eigenvalue weighted by Crippen LogP contribution is 2.34. The molecule has 1 N–H and O–H groups in total. The smallest absolute Gasteiger partial charge is 0.255 e. The molecule has 2 aromatic rings. The van der Waals surface area contributed by atoms with Crippen LogP contribution >= 0.6 is 0 Å². The number of fused-ring (bicyclic) bond motifs is 1. The molecular formula is C19H21NO3. The maximum absolute atomic E-state index is 12.4. The van der Waals surface area contributed by atoms with Gasteiger partial charge in [0.25, 0.3) is 5.91 Å². The van der Waals surface area contributed by atoms with Crippen LogP contribution in [0.15, 0.2) is 42.5 Å². The summed E-state index contributed by atoms with van der Waals surface area (Å²) in [5.74, 6) is 1.14. The minimum atomic E-state index is -0.163. The molecule has 2 aromatic carbocycles. The summed E-state index contributed by atoms with van der Waals surface area (Å²) >= 11 is 0. The van der Waals surface area contributed by atoms with E-state index in [9.17, 15) is 4.79 Å². The zero-order chi connectivity index (χ0) is 16.4. The van der Waals surface area contributed by atoms with Crippen LogP contribution in [0, 0.1) is 12.3 Å². The van der Waals surface area contributed by atoms with Crippen molar-refractivity contribution in [2.45, 2.75) is 20.8 Å². The number of anilines is 1. The lowest BCUT2D eigenvalue weighted by Crippen LogP contribution is -2.26. The monoisotopic (exact) mass is 311 g/mol. The van der Waals surface area contributed by atoms with E-state index in [1.165, 1.54) is 0 Å². The Labute approximate surface area is 136 Å². The number of rotatable bonds is 2. The lowest BCUT2D eigenvalue weighted by atomic mass is 9.97. The molecule has 0 fully saturated rings. The first-order chi connectivity index (χ1) is 10.9. The Bertz CT molecular complexity index is 720. The largest absolute Gasteiger partial charge is 0.489 e. The molecule has 1 aliphatic heterocycles. The molecule has 0 unspecified atom stereocenters. The van der Waals surface area contributed by atoms with Crippen molar-refractivity contribution in [3.8, 4) is 11.5 Å². The molecule has 3 rings (SSSR count). The molecule has 4 nitrogen and oxygen atoms in total. The molecule has 0 radical (unpaired) electrons. The van der Waals surface area contributed by atoms with Crippen molar-refractivity contribution in [3.63, 3.8) is 0 Å². The summed E-state index contributed by atoms with van der Waals surface area (Å²) in [6, 6.07) is 13.0. The average molecular weight is 311 g/mol. The van der Waals surface area contributed by atoms with Gasteiger partial charge < -0.3 is 14.8 Å². The van der Waals surface area contributed by atoms with E-state index in [1.54, 1.807) is 18.2 Å². The molecule has 0 saturated heterocycles. The lowest BCUT2D eigenvalue weighted by Gasteiger charge is -2.19. The van der Waals surface area contributed by atoms with Gasteiger partial charge in [0.1, 0.15) is 0 Å². The summed E-state index contributed by atoms with van der Waals surface area (Å²) in [7, 11) is 0. The molecule has 0 spiro atoms. The van der Waals surface area contributed by atoms with E-state index in [4.69, 9.17) is 9.47 Å². The van der Waals surface area contributed by atoms with Crippen molar-refractivity contribution in [2.24, 2.45) is 5.41 Å². The van der Waals surface area contributed by atoms with Crippen molar-refractivity contribution in [2.75, 3.05) is 18.5 Å². The Morgan fingerprint density at radius 1 is 1.00 bits per heavy atom. The Balaban J connectivity index is 1.78. The quantitative estimate of drug-likeness (QED) is 0.910. The maximum atomic E-state index is 12.4. The molecule has 0 bridgehead atoms.